The molecular weight excluding hydrogens is 300 g/mol. The monoisotopic (exact) mass is 307 g/mol. The van der Waals surface area contributed by atoms with Crippen molar-refractivity contribution in [1.29, 1.82) is 0 Å². The van der Waals surface area contributed by atoms with E-state index in [2.05, 4.69) is 0 Å². The van der Waals surface area contributed by atoms with Gasteiger partial charge >= 0.3 is 0 Å². The molecule has 0 atom stereocenters. The molecule has 2 aromatic rings. The molecule has 1 amide bonds. The van der Waals surface area contributed by atoms with Crippen LogP contribution in [0.3, 0.4) is 0 Å². The van der Waals surface area contributed by atoms with Crippen LogP contribution in [0.4, 0.5) is 14.5 Å². The van der Waals surface area contributed by atoms with Crippen LogP contribution in [-0.4, -0.2) is 11.7 Å². The van der Waals surface area contributed by atoms with Crippen LogP contribution in [0.5, 0.6) is 0 Å². The summed E-state index contributed by atoms with van der Waals surface area (Å²) in [6.07, 6.45) is 0. The van der Waals surface area contributed by atoms with Crippen molar-refractivity contribution in [3.05, 3.63) is 64.2 Å². The number of amides is 1. The van der Waals surface area contributed by atoms with Crippen LogP contribution in [0.25, 0.3) is 0 Å². The zero-order valence-corrected chi connectivity index (χ0v) is 11.3. The summed E-state index contributed by atoms with van der Waals surface area (Å²) >= 11 is 5.92. The Bertz CT molecular complexity index is 776. The molecule has 0 spiro atoms. The molecule has 0 saturated carbocycles. The summed E-state index contributed by atoms with van der Waals surface area (Å²) in [5.74, 6) is -2.81. The van der Waals surface area contributed by atoms with Crippen LogP contribution in [-0.2, 0) is 11.3 Å². The lowest BCUT2D eigenvalue weighted by Gasteiger charge is -2.17. The highest BCUT2D eigenvalue weighted by Crippen LogP contribution is 2.35. The summed E-state index contributed by atoms with van der Waals surface area (Å²) in [7, 11) is 0. The Morgan fingerprint density at radius 3 is 2.62 bits per heavy atom. The molecule has 0 aromatic heterocycles. The van der Waals surface area contributed by atoms with E-state index in [-0.39, 0.29) is 22.7 Å². The number of nitrogens with zero attached hydrogens (tertiary/aromatic N) is 1. The number of rotatable bonds is 2. The molecule has 0 unspecified atom stereocenters. The largest absolute Gasteiger partial charge is 0.300 e. The Morgan fingerprint density at radius 1 is 1.10 bits per heavy atom. The number of hydrogen-bond donors (Lipinski definition) is 0. The molecule has 1 aliphatic rings. The van der Waals surface area contributed by atoms with Gasteiger partial charge in [-0.2, -0.15) is 0 Å². The molecule has 0 aliphatic carbocycles. The summed E-state index contributed by atoms with van der Waals surface area (Å²) in [6, 6.07) is 7.59. The number of carbonyl (C=O) groups excluding carboxylic acids is 2. The standard InChI is InChI=1S/C15H8ClF2NO2/c16-10-2-1-3-12-13(10)14(20)15(21)19(12)7-8-6-9(17)4-5-11(8)18/h1-6H,7H2. The number of halogens is 3. The number of anilines is 1. The number of fused-ring (bicyclic) bond motifs is 1. The molecule has 106 valence electrons. The van der Waals surface area contributed by atoms with E-state index >= 15 is 0 Å². The molecular formula is C15H8ClF2NO2. The summed E-state index contributed by atoms with van der Waals surface area (Å²) < 4.78 is 26.9. The predicted octanol–water partition coefficient (Wildman–Crippen LogP) is 3.35. The Hall–Kier alpha value is -2.27. The molecule has 0 radical (unpaired) electrons. The second kappa shape index (κ2) is 4.93. The van der Waals surface area contributed by atoms with Crippen molar-refractivity contribution in [2.45, 2.75) is 6.54 Å². The maximum atomic E-state index is 13.7. The van der Waals surface area contributed by atoms with E-state index in [1.807, 2.05) is 0 Å². The average Bonchev–Trinajstić information content (AvgIpc) is 2.69. The van der Waals surface area contributed by atoms with Crippen LogP contribution >= 0.6 is 11.6 Å². The minimum Gasteiger partial charge on any atom is -0.300 e. The molecule has 0 saturated heterocycles. The van der Waals surface area contributed by atoms with Crippen LogP contribution in [0.15, 0.2) is 36.4 Å². The third kappa shape index (κ3) is 2.19. The highest BCUT2D eigenvalue weighted by atomic mass is 35.5. The maximum Gasteiger partial charge on any atom is 0.299 e. The van der Waals surface area contributed by atoms with E-state index in [0.717, 1.165) is 23.1 Å². The van der Waals surface area contributed by atoms with Crippen molar-refractivity contribution in [1.82, 2.24) is 0 Å². The highest BCUT2D eigenvalue weighted by molar-refractivity contribution is 6.55. The van der Waals surface area contributed by atoms with E-state index in [9.17, 15) is 18.4 Å². The number of ketones is 1. The first-order chi connectivity index (χ1) is 9.99. The van der Waals surface area contributed by atoms with Crippen molar-refractivity contribution < 1.29 is 18.4 Å². The summed E-state index contributed by atoms with van der Waals surface area (Å²) in [5, 5.41) is 0.160. The fourth-order valence-electron chi connectivity index (χ4n) is 2.29. The van der Waals surface area contributed by atoms with Crippen LogP contribution < -0.4 is 4.90 Å². The van der Waals surface area contributed by atoms with Gasteiger partial charge in [0.1, 0.15) is 11.6 Å². The molecule has 6 heteroatoms. The van der Waals surface area contributed by atoms with Gasteiger partial charge in [-0.1, -0.05) is 17.7 Å². The second-order valence-corrected chi connectivity index (χ2v) is 5.00. The van der Waals surface area contributed by atoms with E-state index in [1.54, 1.807) is 12.1 Å². The van der Waals surface area contributed by atoms with Crippen molar-refractivity contribution in [2.75, 3.05) is 4.90 Å². The average molecular weight is 308 g/mol. The predicted molar refractivity (Wildman–Crippen MR) is 73.3 cm³/mol. The van der Waals surface area contributed by atoms with E-state index in [1.165, 1.54) is 6.07 Å². The number of hydrogen-bond acceptors (Lipinski definition) is 2. The van der Waals surface area contributed by atoms with Gasteiger partial charge < -0.3 is 4.90 Å². The van der Waals surface area contributed by atoms with Gasteiger partial charge in [-0.3, -0.25) is 9.59 Å². The van der Waals surface area contributed by atoms with Gasteiger partial charge in [-0.05, 0) is 30.3 Å². The molecule has 3 nitrogen and oxygen atoms in total. The van der Waals surface area contributed by atoms with Gasteiger partial charge in [0, 0.05) is 5.56 Å². The van der Waals surface area contributed by atoms with Crippen LogP contribution in [0, 0.1) is 11.6 Å². The van der Waals surface area contributed by atoms with Gasteiger partial charge in [-0.15, -0.1) is 0 Å². The Labute approximate surface area is 123 Å². The van der Waals surface area contributed by atoms with E-state index < -0.39 is 23.3 Å². The third-order valence-electron chi connectivity index (χ3n) is 3.29. The summed E-state index contributed by atoms with van der Waals surface area (Å²) in [5.41, 5.74) is 0.395. The molecule has 3 rings (SSSR count). The summed E-state index contributed by atoms with van der Waals surface area (Å²) in [4.78, 5) is 25.0. The number of carbonyl (C=O) groups is 2. The Balaban J connectivity index is 2.05. The molecule has 0 N–H and O–H groups in total. The molecule has 1 aliphatic heterocycles. The first-order valence-electron chi connectivity index (χ1n) is 6.07. The lowest BCUT2D eigenvalue weighted by Crippen LogP contribution is -2.29. The minimum atomic E-state index is -0.804. The maximum absolute atomic E-state index is 13.7. The third-order valence-corrected chi connectivity index (χ3v) is 3.60. The van der Waals surface area contributed by atoms with Gasteiger partial charge in [0.25, 0.3) is 11.7 Å². The van der Waals surface area contributed by atoms with Crippen molar-refractivity contribution in [2.24, 2.45) is 0 Å². The van der Waals surface area contributed by atoms with Crippen LogP contribution in [0.2, 0.25) is 5.02 Å². The number of Topliss-reactive ketones (excluding diaryl/α,β-unsaturated/α-hetero) is 1. The first kappa shape index (κ1) is 13.7. The zero-order valence-electron chi connectivity index (χ0n) is 10.6. The van der Waals surface area contributed by atoms with Crippen molar-refractivity contribution in [3.8, 4) is 0 Å². The first-order valence-corrected chi connectivity index (χ1v) is 6.45. The lowest BCUT2D eigenvalue weighted by atomic mass is 10.1. The molecule has 21 heavy (non-hydrogen) atoms. The van der Waals surface area contributed by atoms with Gasteiger partial charge in [0.15, 0.2) is 0 Å². The van der Waals surface area contributed by atoms with Crippen molar-refractivity contribution in [3.63, 3.8) is 0 Å². The minimum absolute atomic E-state index is 0.0102. The summed E-state index contributed by atoms with van der Waals surface area (Å²) in [6.45, 7) is -0.235. The second-order valence-electron chi connectivity index (χ2n) is 4.59. The van der Waals surface area contributed by atoms with E-state index in [4.69, 9.17) is 11.6 Å². The SMILES string of the molecule is O=C1C(=O)N(Cc2cc(F)ccc2F)c2cccc(Cl)c21. The molecule has 0 bridgehead atoms. The molecule has 2 aromatic carbocycles. The Kier molecular flexibility index (Phi) is 3.22. The smallest absolute Gasteiger partial charge is 0.299 e. The fourth-order valence-corrected chi connectivity index (χ4v) is 2.55. The van der Waals surface area contributed by atoms with Gasteiger partial charge in [0.2, 0.25) is 0 Å². The lowest BCUT2D eigenvalue weighted by molar-refractivity contribution is -0.114. The molecule has 1 heterocycles. The topological polar surface area (TPSA) is 37.4 Å². The number of benzene rings is 2. The molecule has 0 fully saturated rings. The van der Waals surface area contributed by atoms with Gasteiger partial charge in [-0.25, -0.2) is 8.78 Å². The fraction of sp³-hybridized carbons (Fsp3) is 0.0667. The highest BCUT2D eigenvalue weighted by Gasteiger charge is 2.37. The Morgan fingerprint density at radius 2 is 1.86 bits per heavy atom. The van der Waals surface area contributed by atoms with E-state index in [0.29, 0.717) is 5.69 Å². The van der Waals surface area contributed by atoms with Gasteiger partial charge in [0.05, 0.1) is 22.8 Å². The van der Waals surface area contributed by atoms with Crippen molar-refractivity contribution >= 4 is 29.0 Å². The quantitative estimate of drug-likeness (QED) is 0.798. The van der Waals surface area contributed by atoms with Crippen LogP contribution in [0.1, 0.15) is 15.9 Å². The normalized spacial score (nSPS) is 13.8. The zero-order chi connectivity index (χ0) is 15.1.